The van der Waals surface area contributed by atoms with E-state index in [1.54, 1.807) is 38.1 Å². The van der Waals surface area contributed by atoms with Crippen LogP contribution in [0, 0.1) is 17.8 Å². The van der Waals surface area contributed by atoms with Gasteiger partial charge in [-0.05, 0) is 36.3 Å². The summed E-state index contributed by atoms with van der Waals surface area (Å²) >= 11 is 6.05. The molecule has 0 heterocycles. The van der Waals surface area contributed by atoms with Crippen molar-refractivity contribution in [2.24, 2.45) is 17.8 Å². The summed E-state index contributed by atoms with van der Waals surface area (Å²) in [5.74, 6) is -0.676. The molecule has 2 rings (SSSR count). The van der Waals surface area contributed by atoms with Crippen LogP contribution in [-0.2, 0) is 14.3 Å². The third-order valence-electron chi connectivity index (χ3n) is 5.72. The van der Waals surface area contributed by atoms with Gasteiger partial charge in [-0.15, -0.1) is 0 Å². The number of hydrogen-bond donors (Lipinski definition) is 2. The van der Waals surface area contributed by atoms with Crippen LogP contribution >= 0.6 is 11.6 Å². The summed E-state index contributed by atoms with van der Waals surface area (Å²) in [5, 5.41) is 5.94. The second-order valence-corrected chi connectivity index (χ2v) is 8.63. The van der Waals surface area contributed by atoms with Gasteiger partial charge in [0.25, 0.3) is 11.8 Å². The molecule has 1 aromatic rings. The minimum absolute atomic E-state index is 0.103. The van der Waals surface area contributed by atoms with Crippen molar-refractivity contribution in [2.75, 3.05) is 6.61 Å². The van der Waals surface area contributed by atoms with Crippen LogP contribution < -0.4 is 10.6 Å². The van der Waals surface area contributed by atoms with Gasteiger partial charge in [0, 0.05) is 6.04 Å². The first kappa shape index (κ1) is 23.2. The second kappa shape index (κ2) is 10.6. The zero-order chi connectivity index (χ0) is 21.6. The maximum atomic E-state index is 12.5. The normalized spacial score (nSPS) is 22.6. The van der Waals surface area contributed by atoms with Crippen molar-refractivity contribution >= 4 is 29.4 Å². The monoisotopic (exact) mass is 422 g/mol. The number of carbonyl (C=O) groups is 3. The largest absolute Gasteiger partial charge is 0.454 e. The second-order valence-electron chi connectivity index (χ2n) is 8.22. The fraction of sp³-hybridized carbons (Fsp3) is 0.591. The molecule has 0 spiro atoms. The van der Waals surface area contributed by atoms with Crippen molar-refractivity contribution in [3.8, 4) is 0 Å². The fourth-order valence-electron chi connectivity index (χ4n) is 3.62. The molecule has 0 bridgehead atoms. The van der Waals surface area contributed by atoms with Crippen molar-refractivity contribution < 1.29 is 19.1 Å². The van der Waals surface area contributed by atoms with Crippen LogP contribution in [0.2, 0.25) is 5.02 Å². The fourth-order valence-corrected chi connectivity index (χ4v) is 3.84. The molecule has 0 aromatic heterocycles. The molecule has 1 aliphatic carbocycles. The number of benzene rings is 1. The molecule has 0 saturated heterocycles. The Bertz CT molecular complexity index is 737. The van der Waals surface area contributed by atoms with E-state index < -0.39 is 17.9 Å². The number of rotatable bonds is 7. The zero-order valence-corrected chi connectivity index (χ0v) is 18.3. The number of carbonyl (C=O) groups excluding carboxylic acids is 3. The molecule has 0 radical (unpaired) electrons. The van der Waals surface area contributed by atoms with E-state index in [9.17, 15) is 14.4 Å². The number of hydrogen-bond acceptors (Lipinski definition) is 4. The lowest BCUT2D eigenvalue weighted by atomic mass is 9.78. The van der Waals surface area contributed by atoms with Crippen LogP contribution in [0.3, 0.4) is 0 Å². The molecule has 0 unspecified atom stereocenters. The van der Waals surface area contributed by atoms with Gasteiger partial charge in [-0.25, -0.2) is 4.79 Å². The van der Waals surface area contributed by atoms with Crippen molar-refractivity contribution in [1.29, 1.82) is 0 Å². The summed E-state index contributed by atoms with van der Waals surface area (Å²) in [4.78, 5) is 37.2. The predicted molar refractivity (Wildman–Crippen MR) is 113 cm³/mol. The van der Waals surface area contributed by atoms with E-state index in [1.807, 2.05) is 0 Å². The Kier molecular flexibility index (Phi) is 8.50. The molecule has 7 heteroatoms. The van der Waals surface area contributed by atoms with E-state index in [4.69, 9.17) is 16.3 Å². The number of esters is 1. The number of nitrogens with one attached hydrogen (secondary N) is 2. The molecular formula is C22H31ClN2O4. The Morgan fingerprint density at radius 3 is 2.52 bits per heavy atom. The van der Waals surface area contributed by atoms with Gasteiger partial charge in [0.1, 0.15) is 6.04 Å². The van der Waals surface area contributed by atoms with Gasteiger partial charge >= 0.3 is 5.97 Å². The minimum atomic E-state index is -0.875. The first-order valence-corrected chi connectivity index (χ1v) is 10.6. The lowest BCUT2D eigenvalue weighted by molar-refractivity contribution is -0.151. The van der Waals surface area contributed by atoms with Crippen LogP contribution in [0.4, 0.5) is 0 Å². The number of ether oxygens (including phenoxy) is 1. The summed E-state index contributed by atoms with van der Waals surface area (Å²) in [6, 6.07) is 5.84. The topological polar surface area (TPSA) is 84.5 Å². The minimum Gasteiger partial charge on any atom is -0.454 e. The summed E-state index contributed by atoms with van der Waals surface area (Å²) in [5.41, 5.74) is 0.283. The Hall–Kier alpha value is -2.08. The van der Waals surface area contributed by atoms with Gasteiger partial charge in [-0.1, -0.05) is 64.3 Å². The molecular weight excluding hydrogens is 392 g/mol. The quantitative estimate of drug-likeness (QED) is 0.658. The lowest BCUT2D eigenvalue weighted by Gasteiger charge is -2.34. The highest BCUT2D eigenvalue weighted by Gasteiger charge is 2.30. The first-order valence-electron chi connectivity index (χ1n) is 10.2. The summed E-state index contributed by atoms with van der Waals surface area (Å²) in [6.07, 6.45) is 3.19. The van der Waals surface area contributed by atoms with Crippen LogP contribution in [-0.4, -0.2) is 36.5 Å². The summed E-state index contributed by atoms with van der Waals surface area (Å²) in [6.45, 7) is 7.56. The summed E-state index contributed by atoms with van der Waals surface area (Å²) < 4.78 is 5.20. The van der Waals surface area contributed by atoms with E-state index in [-0.39, 0.29) is 30.0 Å². The van der Waals surface area contributed by atoms with E-state index in [2.05, 4.69) is 24.5 Å². The van der Waals surface area contributed by atoms with Gasteiger partial charge < -0.3 is 15.4 Å². The highest BCUT2D eigenvalue weighted by Crippen LogP contribution is 2.29. The maximum Gasteiger partial charge on any atom is 0.329 e. The molecule has 1 fully saturated rings. The molecule has 1 aliphatic rings. The number of amides is 2. The smallest absolute Gasteiger partial charge is 0.329 e. The van der Waals surface area contributed by atoms with Gasteiger partial charge in [0.15, 0.2) is 6.61 Å². The predicted octanol–water partition coefficient (Wildman–Crippen LogP) is 3.58. The Labute approximate surface area is 177 Å². The van der Waals surface area contributed by atoms with Gasteiger partial charge in [0.2, 0.25) is 0 Å². The first-order chi connectivity index (χ1) is 13.7. The molecule has 160 valence electrons. The maximum absolute atomic E-state index is 12.5. The molecule has 1 aromatic carbocycles. The lowest BCUT2D eigenvalue weighted by Crippen LogP contribution is -2.48. The molecule has 6 nitrogen and oxygen atoms in total. The standard InChI is InChI=1S/C22H31ClN2O4/c1-13(2)20(25-21(27)16-9-5-6-10-17(16)23)22(28)29-12-19(26)24-18-11-7-8-14(3)15(18)4/h5-6,9-10,13-15,18,20H,7-8,11-12H2,1-4H3,(H,24,26)(H,25,27)/t14-,15-,18-,20-/m0/s1. The third kappa shape index (κ3) is 6.46. The molecule has 2 N–H and O–H groups in total. The van der Waals surface area contributed by atoms with Crippen LogP contribution in [0.15, 0.2) is 24.3 Å². The van der Waals surface area contributed by atoms with Crippen molar-refractivity contribution in [3.63, 3.8) is 0 Å². The Morgan fingerprint density at radius 1 is 1.17 bits per heavy atom. The third-order valence-corrected chi connectivity index (χ3v) is 6.05. The zero-order valence-electron chi connectivity index (χ0n) is 17.5. The molecule has 1 saturated carbocycles. The highest BCUT2D eigenvalue weighted by molar-refractivity contribution is 6.33. The summed E-state index contributed by atoms with van der Waals surface area (Å²) in [7, 11) is 0. The average Bonchev–Trinajstić information content (AvgIpc) is 2.67. The Morgan fingerprint density at radius 2 is 1.86 bits per heavy atom. The van der Waals surface area contributed by atoms with E-state index in [0.29, 0.717) is 16.9 Å². The number of halogens is 1. The Balaban J connectivity index is 1.90. The highest BCUT2D eigenvalue weighted by atomic mass is 35.5. The van der Waals surface area contributed by atoms with E-state index in [1.165, 1.54) is 6.42 Å². The van der Waals surface area contributed by atoms with Gasteiger partial charge in [-0.2, -0.15) is 0 Å². The van der Waals surface area contributed by atoms with Crippen LogP contribution in [0.25, 0.3) is 0 Å². The van der Waals surface area contributed by atoms with Crippen molar-refractivity contribution in [3.05, 3.63) is 34.9 Å². The van der Waals surface area contributed by atoms with Crippen molar-refractivity contribution in [1.82, 2.24) is 10.6 Å². The SMILES string of the molecule is CC(C)[C@H](NC(=O)c1ccccc1Cl)C(=O)OCC(=O)N[C@H]1CCC[C@H](C)[C@@H]1C. The van der Waals surface area contributed by atoms with Crippen molar-refractivity contribution in [2.45, 2.75) is 59.0 Å². The molecule has 4 atom stereocenters. The van der Waals surface area contributed by atoms with Gasteiger partial charge in [0.05, 0.1) is 10.6 Å². The molecule has 0 aliphatic heterocycles. The van der Waals surface area contributed by atoms with Gasteiger partial charge in [-0.3, -0.25) is 9.59 Å². The average molecular weight is 423 g/mol. The molecule has 2 amide bonds. The van der Waals surface area contributed by atoms with Crippen LogP contribution in [0.5, 0.6) is 0 Å². The molecule has 29 heavy (non-hydrogen) atoms. The van der Waals surface area contributed by atoms with E-state index in [0.717, 1.165) is 12.8 Å². The van der Waals surface area contributed by atoms with E-state index >= 15 is 0 Å². The van der Waals surface area contributed by atoms with Crippen LogP contribution in [0.1, 0.15) is 57.3 Å².